The monoisotopic (exact) mass is 516 g/mol. The SMILES string of the molecule is CCNC(=NCC1CCCOC1C(C)(C)C)NCCNC(=O)c1ccccc1.I. The summed E-state index contributed by atoms with van der Waals surface area (Å²) >= 11 is 0. The third kappa shape index (κ3) is 8.90. The zero-order valence-electron chi connectivity index (χ0n) is 18.2. The van der Waals surface area contributed by atoms with Crippen molar-refractivity contribution in [3.63, 3.8) is 0 Å². The lowest BCUT2D eigenvalue weighted by Gasteiger charge is -2.39. The molecule has 0 bridgehead atoms. The predicted octanol–water partition coefficient (Wildman–Crippen LogP) is 3.43. The summed E-state index contributed by atoms with van der Waals surface area (Å²) in [5.41, 5.74) is 0.794. The average molecular weight is 516 g/mol. The number of nitrogens with one attached hydrogen (secondary N) is 3. The van der Waals surface area contributed by atoms with E-state index in [2.05, 4.69) is 43.6 Å². The van der Waals surface area contributed by atoms with E-state index in [1.807, 2.05) is 30.3 Å². The number of aliphatic imine (C=N–C) groups is 1. The highest BCUT2D eigenvalue weighted by Crippen LogP contribution is 2.34. The summed E-state index contributed by atoms with van der Waals surface area (Å²) in [5, 5.41) is 9.51. The Morgan fingerprint density at radius 3 is 2.48 bits per heavy atom. The van der Waals surface area contributed by atoms with Gasteiger partial charge < -0.3 is 20.7 Å². The number of hydrogen-bond acceptors (Lipinski definition) is 3. The van der Waals surface area contributed by atoms with Crippen LogP contribution in [0.15, 0.2) is 35.3 Å². The Hall–Kier alpha value is -1.35. The molecule has 0 aliphatic carbocycles. The van der Waals surface area contributed by atoms with Gasteiger partial charge in [-0.1, -0.05) is 39.0 Å². The van der Waals surface area contributed by atoms with Crippen molar-refractivity contribution in [2.24, 2.45) is 16.3 Å². The van der Waals surface area contributed by atoms with Gasteiger partial charge in [0.25, 0.3) is 5.91 Å². The molecule has 1 saturated heterocycles. The smallest absolute Gasteiger partial charge is 0.251 e. The molecule has 29 heavy (non-hydrogen) atoms. The molecule has 1 aromatic rings. The number of nitrogens with zero attached hydrogens (tertiary/aromatic N) is 1. The zero-order chi connectivity index (χ0) is 20.4. The fraction of sp³-hybridized carbons (Fsp3) is 0.636. The van der Waals surface area contributed by atoms with Crippen LogP contribution in [-0.2, 0) is 4.74 Å². The minimum Gasteiger partial charge on any atom is -0.377 e. The normalized spacial score (nSPS) is 19.8. The molecule has 0 saturated carbocycles. The number of rotatable bonds is 7. The number of hydrogen-bond donors (Lipinski definition) is 3. The first-order chi connectivity index (χ1) is 13.4. The molecule has 2 unspecified atom stereocenters. The second-order valence-electron chi connectivity index (χ2n) is 8.33. The van der Waals surface area contributed by atoms with Gasteiger partial charge in [0.2, 0.25) is 0 Å². The Balaban J connectivity index is 0.00000420. The van der Waals surface area contributed by atoms with E-state index in [4.69, 9.17) is 9.73 Å². The van der Waals surface area contributed by atoms with E-state index in [0.717, 1.165) is 38.5 Å². The standard InChI is InChI=1S/C22H36N4O2.HI/c1-5-23-21(25-14-13-24-20(27)17-10-7-6-8-11-17)26-16-18-12-9-15-28-19(18)22(2,3)4;/h6-8,10-11,18-19H,5,9,12-16H2,1-4H3,(H,24,27)(H2,23,25,26);1H. The fourth-order valence-electron chi connectivity index (χ4n) is 3.59. The lowest BCUT2D eigenvalue weighted by atomic mass is 9.78. The molecule has 2 rings (SSSR count). The van der Waals surface area contributed by atoms with E-state index >= 15 is 0 Å². The maximum atomic E-state index is 12.1. The van der Waals surface area contributed by atoms with Crippen LogP contribution < -0.4 is 16.0 Å². The Morgan fingerprint density at radius 1 is 1.14 bits per heavy atom. The first-order valence-electron chi connectivity index (χ1n) is 10.4. The van der Waals surface area contributed by atoms with Gasteiger partial charge in [0.1, 0.15) is 0 Å². The summed E-state index contributed by atoms with van der Waals surface area (Å²) in [7, 11) is 0. The summed E-state index contributed by atoms with van der Waals surface area (Å²) in [6.45, 7) is 12.3. The molecule has 164 valence electrons. The average Bonchev–Trinajstić information content (AvgIpc) is 2.69. The van der Waals surface area contributed by atoms with Gasteiger partial charge in [0.15, 0.2) is 5.96 Å². The molecular weight excluding hydrogens is 479 g/mol. The Morgan fingerprint density at radius 2 is 1.83 bits per heavy atom. The van der Waals surface area contributed by atoms with Crippen molar-refractivity contribution >= 4 is 35.8 Å². The first kappa shape index (κ1) is 25.7. The van der Waals surface area contributed by atoms with E-state index < -0.39 is 0 Å². The van der Waals surface area contributed by atoms with Gasteiger partial charge in [-0.05, 0) is 37.3 Å². The zero-order valence-corrected chi connectivity index (χ0v) is 20.5. The van der Waals surface area contributed by atoms with Gasteiger partial charge in [-0.15, -0.1) is 24.0 Å². The van der Waals surface area contributed by atoms with Gasteiger partial charge in [-0.25, -0.2) is 0 Å². The number of benzene rings is 1. The minimum atomic E-state index is -0.0586. The third-order valence-corrected chi connectivity index (χ3v) is 4.87. The molecule has 1 aliphatic heterocycles. The summed E-state index contributed by atoms with van der Waals surface area (Å²) in [6.07, 6.45) is 2.48. The molecule has 7 heteroatoms. The van der Waals surface area contributed by atoms with Crippen molar-refractivity contribution in [3.05, 3.63) is 35.9 Å². The Labute approximate surface area is 192 Å². The molecule has 0 aromatic heterocycles. The number of amides is 1. The van der Waals surface area contributed by atoms with E-state index in [-0.39, 0.29) is 41.4 Å². The minimum absolute atomic E-state index is 0. The van der Waals surface area contributed by atoms with Crippen LogP contribution >= 0.6 is 24.0 Å². The first-order valence-corrected chi connectivity index (χ1v) is 10.4. The molecule has 1 fully saturated rings. The summed E-state index contributed by atoms with van der Waals surface area (Å²) < 4.78 is 6.06. The molecule has 1 amide bonds. The topological polar surface area (TPSA) is 74.8 Å². The van der Waals surface area contributed by atoms with E-state index in [9.17, 15) is 4.79 Å². The second-order valence-corrected chi connectivity index (χ2v) is 8.33. The van der Waals surface area contributed by atoms with Crippen molar-refractivity contribution in [1.29, 1.82) is 0 Å². The van der Waals surface area contributed by atoms with Gasteiger partial charge in [-0.3, -0.25) is 9.79 Å². The highest BCUT2D eigenvalue weighted by atomic mass is 127. The van der Waals surface area contributed by atoms with Crippen LogP contribution in [0.3, 0.4) is 0 Å². The second kappa shape index (κ2) is 13.1. The predicted molar refractivity (Wildman–Crippen MR) is 130 cm³/mol. The Kier molecular flexibility index (Phi) is 11.6. The third-order valence-electron chi connectivity index (χ3n) is 4.87. The fourth-order valence-corrected chi connectivity index (χ4v) is 3.59. The number of halogens is 1. The van der Waals surface area contributed by atoms with E-state index in [0.29, 0.717) is 24.6 Å². The largest absolute Gasteiger partial charge is 0.377 e. The number of carbonyl (C=O) groups is 1. The lowest BCUT2D eigenvalue weighted by Crippen LogP contribution is -2.44. The highest BCUT2D eigenvalue weighted by molar-refractivity contribution is 14.0. The number of ether oxygens (including phenoxy) is 1. The number of carbonyl (C=O) groups excluding carboxylic acids is 1. The van der Waals surface area contributed by atoms with Crippen molar-refractivity contribution < 1.29 is 9.53 Å². The van der Waals surface area contributed by atoms with E-state index in [1.54, 1.807) is 0 Å². The maximum absolute atomic E-state index is 12.1. The molecule has 1 aromatic carbocycles. The lowest BCUT2D eigenvalue weighted by molar-refractivity contribution is -0.0823. The molecule has 6 nitrogen and oxygen atoms in total. The quantitative estimate of drug-likeness (QED) is 0.225. The van der Waals surface area contributed by atoms with Crippen molar-refractivity contribution in [2.45, 2.75) is 46.6 Å². The summed E-state index contributed by atoms with van der Waals surface area (Å²) in [5.74, 6) is 1.16. The van der Waals surface area contributed by atoms with Gasteiger partial charge >= 0.3 is 0 Å². The van der Waals surface area contributed by atoms with Gasteiger partial charge in [0.05, 0.1) is 6.10 Å². The summed E-state index contributed by atoms with van der Waals surface area (Å²) in [6, 6.07) is 9.25. The van der Waals surface area contributed by atoms with Crippen LogP contribution in [0.25, 0.3) is 0 Å². The van der Waals surface area contributed by atoms with E-state index in [1.165, 1.54) is 0 Å². The summed E-state index contributed by atoms with van der Waals surface area (Å²) in [4.78, 5) is 16.9. The van der Waals surface area contributed by atoms with Crippen molar-refractivity contribution in [2.75, 3.05) is 32.8 Å². The van der Waals surface area contributed by atoms with Crippen LogP contribution in [-0.4, -0.2) is 50.8 Å². The molecule has 1 aliphatic rings. The van der Waals surface area contributed by atoms with Crippen LogP contribution in [0, 0.1) is 11.3 Å². The molecule has 0 spiro atoms. The molecule has 2 atom stereocenters. The number of guanidine groups is 1. The van der Waals surface area contributed by atoms with Crippen LogP contribution in [0.5, 0.6) is 0 Å². The molecule has 3 N–H and O–H groups in total. The van der Waals surface area contributed by atoms with Crippen LogP contribution in [0.1, 0.15) is 50.9 Å². The highest BCUT2D eigenvalue weighted by Gasteiger charge is 2.35. The maximum Gasteiger partial charge on any atom is 0.251 e. The molecule has 0 radical (unpaired) electrons. The van der Waals surface area contributed by atoms with Crippen molar-refractivity contribution in [1.82, 2.24) is 16.0 Å². The molecule has 1 heterocycles. The van der Waals surface area contributed by atoms with Crippen LogP contribution in [0.4, 0.5) is 0 Å². The van der Waals surface area contributed by atoms with Crippen LogP contribution in [0.2, 0.25) is 0 Å². The van der Waals surface area contributed by atoms with Crippen molar-refractivity contribution in [3.8, 4) is 0 Å². The molecular formula is C22H37IN4O2. The Bertz CT molecular complexity index is 631. The van der Waals surface area contributed by atoms with Gasteiger partial charge in [0, 0.05) is 44.3 Å². The van der Waals surface area contributed by atoms with Gasteiger partial charge in [-0.2, -0.15) is 0 Å².